The lowest BCUT2D eigenvalue weighted by molar-refractivity contribution is -0.0685. The smallest absolute Gasteiger partial charge is 0.410 e. The molecule has 0 radical (unpaired) electrons. The average Bonchev–Trinajstić information content (AvgIpc) is 2.90. The standard InChI is InChI=1S/2C14H18FNO3/c2*1-14(18)7-8-16(9-12(14)15)13(17)19-10-11-5-3-2-4-6-11/h2*2-6,12,18H,7-10H2,1H3/t2*12-,14-/m10/s1. The second kappa shape index (κ2) is 13.0. The Morgan fingerprint density at radius 1 is 0.763 bits per heavy atom. The molecule has 0 aromatic heterocycles. The summed E-state index contributed by atoms with van der Waals surface area (Å²) >= 11 is 0. The molecule has 0 unspecified atom stereocenters. The largest absolute Gasteiger partial charge is 0.445 e. The number of piperidine rings is 2. The minimum Gasteiger partial charge on any atom is -0.445 e. The third-order valence-corrected chi connectivity index (χ3v) is 6.81. The van der Waals surface area contributed by atoms with Crippen LogP contribution in [0.3, 0.4) is 0 Å². The van der Waals surface area contributed by atoms with Crippen LogP contribution in [0.4, 0.5) is 18.4 Å². The number of benzene rings is 2. The number of hydrogen-bond acceptors (Lipinski definition) is 6. The molecule has 208 valence electrons. The van der Waals surface area contributed by atoms with Gasteiger partial charge in [-0.3, -0.25) is 0 Å². The molecule has 2 heterocycles. The normalized spacial score (nSPS) is 27.1. The van der Waals surface area contributed by atoms with Crippen LogP contribution in [0.15, 0.2) is 60.7 Å². The van der Waals surface area contributed by atoms with E-state index in [1.54, 1.807) is 0 Å². The molecule has 38 heavy (non-hydrogen) atoms. The number of aliphatic hydroxyl groups is 2. The fourth-order valence-electron chi connectivity index (χ4n) is 3.95. The zero-order valence-electron chi connectivity index (χ0n) is 21.8. The Morgan fingerprint density at radius 2 is 1.11 bits per heavy atom. The third kappa shape index (κ3) is 8.39. The first-order valence-electron chi connectivity index (χ1n) is 12.6. The molecule has 2 amide bonds. The van der Waals surface area contributed by atoms with Gasteiger partial charge in [-0.15, -0.1) is 0 Å². The average molecular weight is 535 g/mol. The molecule has 0 spiro atoms. The van der Waals surface area contributed by atoms with Crippen molar-refractivity contribution in [2.45, 2.75) is 63.4 Å². The molecular weight excluding hydrogens is 498 g/mol. The van der Waals surface area contributed by atoms with E-state index in [-0.39, 0.29) is 39.1 Å². The SMILES string of the molecule is C[C@@]1(O)CCN(C(=O)OCc2ccccc2)C[C@H]1F.C[C@]1(O)CCN(C(=O)OCc2ccccc2)C[C@@H]1F. The Bertz CT molecular complexity index is 955. The molecule has 2 fully saturated rings. The Morgan fingerprint density at radius 3 is 1.42 bits per heavy atom. The monoisotopic (exact) mass is 534 g/mol. The second-order valence-corrected chi connectivity index (χ2v) is 10.1. The molecule has 2 N–H and O–H groups in total. The van der Waals surface area contributed by atoms with Gasteiger partial charge in [0.05, 0.1) is 24.3 Å². The topological polar surface area (TPSA) is 99.5 Å². The molecule has 0 saturated carbocycles. The maximum Gasteiger partial charge on any atom is 0.410 e. The third-order valence-electron chi connectivity index (χ3n) is 6.81. The maximum absolute atomic E-state index is 13.6. The highest BCUT2D eigenvalue weighted by Crippen LogP contribution is 2.26. The van der Waals surface area contributed by atoms with E-state index in [4.69, 9.17) is 9.47 Å². The minimum atomic E-state index is -1.44. The van der Waals surface area contributed by atoms with Crippen LogP contribution in [0.5, 0.6) is 0 Å². The number of rotatable bonds is 4. The fourth-order valence-corrected chi connectivity index (χ4v) is 3.95. The van der Waals surface area contributed by atoms with E-state index < -0.39 is 35.7 Å². The lowest BCUT2D eigenvalue weighted by Gasteiger charge is -2.37. The van der Waals surface area contributed by atoms with E-state index in [9.17, 15) is 28.6 Å². The number of alkyl halides is 2. The summed E-state index contributed by atoms with van der Waals surface area (Å²) in [5.74, 6) is 0. The zero-order chi connectivity index (χ0) is 27.8. The number of nitrogens with zero attached hydrogens (tertiary/aromatic N) is 2. The molecule has 8 nitrogen and oxygen atoms in total. The Hall–Kier alpha value is -3.24. The van der Waals surface area contributed by atoms with Crippen molar-refractivity contribution in [2.24, 2.45) is 0 Å². The highest BCUT2D eigenvalue weighted by Gasteiger charge is 2.40. The lowest BCUT2D eigenvalue weighted by Crippen LogP contribution is -2.53. The van der Waals surface area contributed by atoms with Gasteiger partial charge in [0, 0.05) is 13.1 Å². The van der Waals surface area contributed by atoms with Crippen LogP contribution in [0.2, 0.25) is 0 Å². The molecule has 4 atom stereocenters. The molecule has 0 bridgehead atoms. The van der Waals surface area contributed by atoms with Gasteiger partial charge < -0.3 is 29.5 Å². The zero-order valence-corrected chi connectivity index (χ0v) is 21.8. The number of amides is 2. The summed E-state index contributed by atoms with van der Waals surface area (Å²) in [6.45, 7) is 3.60. The summed E-state index contributed by atoms with van der Waals surface area (Å²) in [5, 5.41) is 19.4. The van der Waals surface area contributed by atoms with Crippen LogP contribution < -0.4 is 0 Å². The van der Waals surface area contributed by atoms with Gasteiger partial charge in [0.2, 0.25) is 0 Å². The van der Waals surface area contributed by atoms with Gasteiger partial charge in [0.1, 0.15) is 25.6 Å². The summed E-state index contributed by atoms with van der Waals surface area (Å²) in [5.41, 5.74) is -0.930. The van der Waals surface area contributed by atoms with Gasteiger partial charge >= 0.3 is 12.2 Å². The van der Waals surface area contributed by atoms with Crippen LogP contribution in [0.1, 0.15) is 37.8 Å². The van der Waals surface area contributed by atoms with E-state index in [0.29, 0.717) is 13.1 Å². The molecule has 0 aliphatic carbocycles. The Kier molecular flexibility index (Phi) is 10.0. The summed E-state index contributed by atoms with van der Waals surface area (Å²) in [7, 11) is 0. The number of carbonyl (C=O) groups is 2. The highest BCUT2D eigenvalue weighted by atomic mass is 19.1. The van der Waals surface area contributed by atoms with Crippen LogP contribution in [0, 0.1) is 0 Å². The molecule has 2 aromatic rings. The summed E-state index contributed by atoms with van der Waals surface area (Å²) in [6, 6.07) is 18.6. The molecule has 4 rings (SSSR count). The Labute approximate surface area is 221 Å². The first kappa shape index (κ1) is 29.3. The van der Waals surface area contributed by atoms with Crippen LogP contribution in [-0.4, -0.2) is 81.9 Å². The van der Waals surface area contributed by atoms with Gasteiger partial charge in [-0.25, -0.2) is 18.4 Å². The first-order valence-corrected chi connectivity index (χ1v) is 12.6. The number of halogens is 2. The second-order valence-electron chi connectivity index (χ2n) is 10.1. The van der Waals surface area contributed by atoms with Crippen molar-refractivity contribution in [2.75, 3.05) is 26.2 Å². The minimum absolute atomic E-state index is 0.124. The van der Waals surface area contributed by atoms with Gasteiger partial charge in [-0.1, -0.05) is 60.7 Å². The van der Waals surface area contributed by atoms with Crippen LogP contribution in [0.25, 0.3) is 0 Å². The predicted octanol–water partition coefficient (Wildman–Crippen LogP) is 4.24. The van der Waals surface area contributed by atoms with Crippen LogP contribution in [-0.2, 0) is 22.7 Å². The Balaban J connectivity index is 0.000000211. The van der Waals surface area contributed by atoms with E-state index in [0.717, 1.165) is 11.1 Å². The molecule has 2 saturated heterocycles. The molecule has 10 heteroatoms. The molecular formula is C28H36F2N2O6. The molecule has 2 aromatic carbocycles. The maximum atomic E-state index is 13.6. The summed E-state index contributed by atoms with van der Waals surface area (Å²) in [6.07, 6.45) is -3.52. The van der Waals surface area contributed by atoms with E-state index in [2.05, 4.69) is 0 Å². The van der Waals surface area contributed by atoms with E-state index >= 15 is 0 Å². The molecule has 2 aliphatic rings. The quantitative estimate of drug-likeness (QED) is 0.609. The van der Waals surface area contributed by atoms with Gasteiger partial charge in [0.15, 0.2) is 0 Å². The van der Waals surface area contributed by atoms with Crippen molar-refractivity contribution in [3.63, 3.8) is 0 Å². The van der Waals surface area contributed by atoms with Crippen LogP contribution >= 0.6 is 0 Å². The highest BCUT2D eigenvalue weighted by molar-refractivity contribution is 5.68. The van der Waals surface area contributed by atoms with Crippen molar-refractivity contribution in [1.82, 2.24) is 9.80 Å². The van der Waals surface area contributed by atoms with E-state index in [1.165, 1.54) is 23.6 Å². The summed E-state index contributed by atoms with van der Waals surface area (Å²) in [4.78, 5) is 26.2. The van der Waals surface area contributed by atoms with Gasteiger partial charge in [-0.05, 0) is 37.8 Å². The fraction of sp³-hybridized carbons (Fsp3) is 0.500. The van der Waals surface area contributed by atoms with Crippen molar-refractivity contribution < 1.29 is 38.1 Å². The van der Waals surface area contributed by atoms with E-state index in [1.807, 2.05) is 60.7 Å². The number of ether oxygens (including phenoxy) is 2. The number of carbonyl (C=O) groups excluding carboxylic acids is 2. The van der Waals surface area contributed by atoms with Crippen molar-refractivity contribution in [3.05, 3.63) is 71.8 Å². The van der Waals surface area contributed by atoms with Crippen molar-refractivity contribution in [3.8, 4) is 0 Å². The molecule has 2 aliphatic heterocycles. The van der Waals surface area contributed by atoms with Gasteiger partial charge in [-0.2, -0.15) is 0 Å². The van der Waals surface area contributed by atoms with Crippen molar-refractivity contribution >= 4 is 12.2 Å². The van der Waals surface area contributed by atoms with Gasteiger partial charge in [0.25, 0.3) is 0 Å². The predicted molar refractivity (Wildman–Crippen MR) is 137 cm³/mol. The summed E-state index contributed by atoms with van der Waals surface area (Å²) < 4.78 is 37.5. The number of hydrogen-bond donors (Lipinski definition) is 2. The first-order chi connectivity index (χ1) is 18.0. The lowest BCUT2D eigenvalue weighted by atomic mass is 9.92. The number of likely N-dealkylation sites (tertiary alicyclic amines) is 2. The van der Waals surface area contributed by atoms with Crippen molar-refractivity contribution in [1.29, 1.82) is 0 Å².